The molecule has 0 aromatic carbocycles. The van der Waals surface area contributed by atoms with E-state index in [1.54, 1.807) is 4.90 Å². The van der Waals surface area contributed by atoms with Crippen LogP contribution in [-0.2, 0) is 14.3 Å². The molecule has 2 heterocycles. The van der Waals surface area contributed by atoms with Gasteiger partial charge in [0.2, 0.25) is 5.91 Å². The molecule has 0 aromatic heterocycles. The fourth-order valence-corrected chi connectivity index (χ4v) is 3.11. The molecule has 2 amide bonds. The van der Waals surface area contributed by atoms with Crippen LogP contribution in [-0.4, -0.2) is 72.3 Å². The Morgan fingerprint density at radius 1 is 1.30 bits per heavy atom. The predicted molar refractivity (Wildman–Crippen MR) is 85.9 cm³/mol. The molecule has 0 bridgehead atoms. The summed E-state index contributed by atoms with van der Waals surface area (Å²) < 4.78 is 10.9. The molecule has 23 heavy (non-hydrogen) atoms. The van der Waals surface area contributed by atoms with Gasteiger partial charge < -0.3 is 25.0 Å². The zero-order valence-corrected chi connectivity index (χ0v) is 14.6. The van der Waals surface area contributed by atoms with Gasteiger partial charge >= 0.3 is 6.09 Å². The van der Waals surface area contributed by atoms with Crippen LogP contribution in [0.1, 0.15) is 34.1 Å². The third-order valence-corrected chi connectivity index (χ3v) is 4.38. The summed E-state index contributed by atoms with van der Waals surface area (Å²) in [4.78, 5) is 28.4. The molecule has 0 radical (unpaired) electrons. The number of amides is 2. The maximum atomic E-state index is 12.7. The normalized spacial score (nSPS) is 28.8. The largest absolute Gasteiger partial charge is 0.444 e. The highest BCUT2D eigenvalue weighted by Crippen LogP contribution is 2.25. The van der Waals surface area contributed by atoms with Crippen LogP contribution in [0.4, 0.5) is 4.79 Å². The monoisotopic (exact) mass is 327 g/mol. The molecular weight excluding hydrogens is 298 g/mol. The van der Waals surface area contributed by atoms with Crippen molar-refractivity contribution in [3.63, 3.8) is 0 Å². The molecule has 2 aliphatic rings. The second-order valence-electron chi connectivity index (χ2n) is 7.32. The van der Waals surface area contributed by atoms with Crippen LogP contribution in [0.2, 0.25) is 0 Å². The van der Waals surface area contributed by atoms with E-state index in [2.05, 4.69) is 0 Å². The highest BCUT2D eigenvalue weighted by molar-refractivity contribution is 5.80. The van der Waals surface area contributed by atoms with Gasteiger partial charge in [-0.05, 0) is 34.1 Å². The molecule has 132 valence electrons. The van der Waals surface area contributed by atoms with Crippen molar-refractivity contribution in [3.8, 4) is 0 Å². The Morgan fingerprint density at radius 2 is 2.00 bits per heavy atom. The highest BCUT2D eigenvalue weighted by Gasteiger charge is 2.39. The Morgan fingerprint density at radius 3 is 2.52 bits per heavy atom. The predicted octanol–water partition coefficient (Wildman–Crippen LogP) is 0.818. The molecule has 2 N–H and O–H groups in total. The summed E-state index contributed by atoms with van der Waals surface area (Å²) in [5.74, 6) is -0.00795. The number of ether oxygens (including phenoxy) is 2. The van der Waals surface area contributed by atoms with Gasteiger partial charge in [0.15, 0.2) is 0 Å². The van der Waals surface area contributed by atoms with Crippen molar-refractivity contribution in [2.24, 2.45) is 11.7 Å². The number of nitrogens with two attached hydrogens (primary N) is 1. The Bertz CT molecular complexity index is 449. The Kier molecular flexibility index (Phi) is 5.52. The molecule has 7 heteroatoms. The average Bonchev–Trinajstić information content (AvgIpc) is 2.90. The average molecular weight is 327 g/mol. The van der Waals surface area contributed by atoms with Gasteiger partial charge in [0, 0.05) is 32.8 Å². The molecule has 3 unspecified atom stereocenters. The third kappa shape index (κ3) is 4.35. The second-order valence-corrected chi connectivity index (χ2v) is 7.32. The lowest BCUT2D eigenvalue weighted by atomic mass is 9.99. The fourth-order valence-electron chi connectivity index (χ4n) is 3.11. The first-order valence-electron chi connectivity index (χ1n) is 8.33. The zero-order valence-electron chi connectivity index (χ0n) is 14.6. The van der Waals surface area contributed by atoms with Crippen LogP contribution in [0, 0.1) is 5.92 Å². The minimum atomic E-state index is -0.529. The number of nitrogens with zero attached hydrogens (tertiary/aromatic N) is 2. The van der Waals surface area contributed by atoms with E-state index in [0.717, 1.165) is 6.42 Å². The van der Waals surface area contributed by atoms with Crippen molar-refractivity contribution in [3.05, 3.63) is 0 Å². The van der Waals surface area contributed by atoms with Gasteiger partial charge in [-0.2, -0.15) is 0 Å². The zero-order chi connectivity index (χ0) is 17.2. The first-order chi connectivity index (χ1) is 10.7. The van der Waals surface area contributed by atoms with E-state index in [0.29, 0.717) is 32.8 Å². The van der Waals surface area contributed by atoms with Gasteiger partial charge in [0.25, 0.3) is 0 Å². The van der Waals surface area contributed by atoms with Gasteiger partial charge in [-0.15, -0.1) is 0 Å². The van der Waals surface area contributed by atoms with Crippen LogP contribution in [0.3, 0.4) is 0 Å². The lowest BCUT2D eigenvalue weighted by Crippen LogP contribution is -2.60. The molecule has 3 atom stereocenters. The van der Waals surface area contributed by atoms with Crippen molar-refractivity contribution >= 4 is 12.0 Å². The standard InChI is InChI=1S/C16H29N3O4/c1-11-13(5-8-22-11)14(20)19-7-6-18(10-12(19)9-17)15(21)23-16(2,3)4/h11-13H,5-10,17H2,1-4H3. The van der Waals surface area contributed by atoms with E-state index in [9.17, 15) is 9.59 Å². The summed E-state index contributed by atoms with van der Waals surface area (Å²) in [6.45, 7) is 9.78. The molecule has 0 aromatic rings. The quantitative estimate of drug-likeness (QED) is 0.811. The summed E-state index contributed by atoms with van der Waals surface area (Å²) in [6.07, 6.45) is 0.356. The first kappa shape index (κ1) is 18.0. The van der Waals surface area contributed by atoms with Crippen molar-refractivity contribution < 1.29 is 19.1 Å². The van der Waals surface area contributed by atoms with Crippen LogP contribution >= 0.6 is 0 Å². The summed E-state index contributed by atoms with van der Waals surface area (Å²) in [5, 5.41) is 0. The van der Waals surface area contributed by atoms with Gasteiger partial charge in [-0.1, -0.05) is 0 Å². The van der Waals surface area contributed by atoms with Gasteiger partial charge in [-0.25, -0.2) is 4.79 Å². The Balaban J connectivity index is 1.99. The number of piperazine rings is 1. The van der Waals surface area contributed by atoms with Crippen LogP contribution < -0.4 is 5.73 Å². The number of hydrogen-bond acceptors (Lipinski definition) is 5. The maximum Gasteiger partial charge on any atom is 0.410 e. The van der Waals surface area contributed by atoms with E-state index < -0.39 is 5.60 Å². The van der Waals surface area contributed by atoms with E-state index in [4.69, 9.17) is 15.2 Å². The number of rotatable bonds is 2. The minimum absolute atomic E-state index is 0.0511. The van der Waals surface area contributed by atoms with E-state index in [-0.39, 0.29) is 30.1 Å². The summed E-state index contributed by atoms with van der Waals surface area (Å²) >= 11 is 0. The SMILES string of the molecule is CC1OCCC1C(=O)N1CCN(C(=O)OC(C)(C)C)CC1CN. The Labute approximate surface area is 138 Å². The smallest absolute Gasteiger partial charge is 0.410 e. The van der Waals surface area contributed by atoms with Crippen molar-refractivity contribution in [1.29, 1.82) is 0 Å². The molecule has 7 nitrogen and oxygen atoms in total. The molecule has 2 saturated heterocycles. The third-order valence-electron chi connectivity index (χ3n) is 4.38. The lowest BCUT2D eigenvalue weighted by Gasteiger charge is -2.42. The highest BCUT2D eigenvalue weighted by atomic mass is 16.6. The van der Waals surface area contributed by atoms with Crippen LogP contribution in [0.5, 0.6) is 0 Å². The summed E-state index contributed by atoms with van der Waals surface area (Å²) in [5.41, 5.74) is 5.32. The van der Waals surface area contributed by atoms with E-state index >= 15 is 0 Å². The number of carbonyl (C=O) groups is 2. The minimum Gasteiger partial charge on any atom is -0.444 e. The molecule has 0 aliphatic carbocycles. The van der Waals surface area contributed by atoms with Gasteiger partial charge in [-0.3, -0.25) is 4.79 Å². The first-order valence-corrected chi connectivity index (χ1v) is 8.33. The maximum absolute atomic E-state index is 12.7. The molecule has 0 saturated carbocycles. The molecule has 2 rings (SSSR count). The fraction of sp³-hybridized carbons (Fsp3) is 0.875. The van der Waals surface area contributed by atoms with Crippen molar-refractivity contribution in [2.75, 3.05) is 32.8 Å². The molecule has 2 fully saturated rings. The lowest BCUT2D eigenvalue weighted by molar-refractivity contribution is -0.141. The van der Waals surface area contributed by atoms with E-state index in [1.807, 2.05) is 32.6 Å². The Hall–Kier alpha value is -1.34. The topological polar surface area (TPSA) is 85.1 Å². The van der Waals surface area contributed by atoms with Crippen LogP contribution in [0.15, 0.2) is 0 Å². The number of carbonyl (C=O) groups excluding carboxylic acids is 2. The summed E-state index contributed by atoms with van der Waals surface area (Å²) in [6, 6.07) is -0.170. The second kappa shape index (κ2) is 7.05. The molecule has 2 aliphatic heterocycles. The van der Waals surface area contributed by atoms with E-state index in [1.165, 1.54) is 0 Å². The van der Waals surface area contributed by atoms with Gasteiger partial charge in [0.05, 0.1) is 18.1 Å². The molecule has 0 spiro atoms. The van der Waals surface area contributed by atoms with Gasteiger partial charge in [0.1, 0.15) is 5.60 Å². The van der Waals surface area contributed by atoms with Crippen molar-refractivity contribution in [1.82, 2.24) is 9.80 Å². The van der Waals surface area contributed by atoms with Crippen molar-refractivity contribution in [2.45, 2.75) is 51.9 Å². The summed E-state index contributed by atoms with van der Waals surface area (Å²) in [7, 11) is 0. The number of hydrogen-bond donors (Lipinski definition) is 1. The van der Waals surface area contributed by atoms with Crippen LogP contribution in [0.25, 0.3) is 0 Å². The molecular formula is C16H29N3O4.